The van der Waals surface area contributed by atoms with E-state index in [2.05, 4.69) is 24.4 Å². The molecule has 2 atom stereocenters. The summed E-state index contributed by atoms with van der Waals surface area (Å²) in [7, 11) is 0. The Kier molecular flexibility index (Phi) is 3.62. The number of hydrogen-bond acceptors (Lipinski definition) is 2. The van der Waals surface area contributed by atoms with Crippen molar-refractivity contribution in [1.29, 1.82) is 0 Å². The van der Waals surface area contributed by atoms with E-state index in [0.29, 0.717) is 6.04 Å². The fourth-order valence-electron chi connectivity index (χ4n) is 2.02. The first-order valence-corrected chi connectivity index (χ1v) is 5.78. The third-order valence-corrected chi connectivity index (χ3v) is 3.06. The van der Waals surface area contributed by atoms with E-state index in [-0.39, 0.29) is 0 Å². The summed E-state index contributed by atoms with van der Waals surface area (Å²) in [6.07, 6.45) is 10.1. The fraction of sp³-hybridized carbons (Fsp3) is 0.538. The van der Waals surface area contributed by atoms with Gasteiger partial charge in [0, 0.05) is 0 Å². The van der Waals surface area contributed by atoms with Crippen molar-refractivity contribution < 1.29 is 4.42 Å². The lowest BCUT2D eigenvalue weighted by Crippen LogP contribution is -2.26. The van der Waals surface area contributed by atoms with Crippen LogP contribution >= 0.6 is 0 Å². The molecule has 0 saturated heterocycles. The molecule has 0 aromatic carbocycles. The van der Waals surface area contributed by atoms with Crippen molar-refractivity contribution in [1.82, 2.24) is 5.32 Å². The van der Waals surface area contributed by atoms with E-state index in [9.17, 15) is 0 Å². The normalized spacial score (nSPS) is 22.9. The zero-order valence-electron chi connectivity index (χ0n) is 9.28. The summed E-state index contributed by atoms with van der Waals surface area (Å²) in [6, 6.07) is 4.29. The highest BCUT2D eigenvalue weighted by Crippen LogP contribution is 2.19. The minimum absolute atomic E-state index is 0.325. The minimum Gasteiger partial charge on any atom is -0.468 e. The van der Waals surface area contributed by atoms with Crippen LogP contribution in [0.4, 0.5) is 0 Å². The molecule has 1 N–H and O–H groups in total. The van der Waals surface area contributed by atoms with Crippen LogP contribution < -0.4 is 5.32 Å². The smallest absolute Gasteiger partial charge is 0.120 e. The van der Waals surface area contributed by atoms with Gasteiger partial charge in [-0.15, -0.1) is 0 Å². The Morgan fingerprint density at radius 1 is 1.53 bits per heavy atom. The highest BCUT2D eigenvalue weighted by atomic mass is 16.3. The molecule has 0 radical (unpaired) electrons. The standard InChI is InChI=1S/C13H19NO/c1-11(13-8-5-9-15-13)14-10-12-6-3-2-4-7-12/h2-3,5,8-9,11-12,14H,4,6-7,10H2,1H3. The molecule has 2 rings (SSSR count). The molecule has 1 aromatic rings. The van der Waals surface area contributed by atoms with Crippen LogP contribution in [0.5, 0.6) is 0 Å². The minimum atomic E-state index is 0.325. The molecule has 1 aliphatic rings. The summed E-state index contributed by atoms with van der Waals surface area (Å²) in [5, 5.41) is 3.53. The monoisotopic (exact) mass is 205 g/mol. The summed E-state index contributed by atoms with van der Waals surface area (Å²) in [4.78, 5) is 0. The summed E-state index contributed by atoms with van der Waals surface area (Å²) in [5.41, 5.74) is 0. The largest absolute Gasteiger partial charge is 0.468 e. The van der Waals surface area contributed by atoms with Gasteiger partial charge in [-0.2, -0.15) is 0 Å². The van der Waals surface area contributed by atoms with Crippen molar-refractivity contribution in [2.75, 3.05) is 6.54 Å². The van der Waals surface area contributed by atoms with E-state index < -0.39 is 0 Å². The second kappa shape index (κ2) is 5.17. The summed E-state index contributed by atoms with van der Waals surface area (Å²) < 4.78 is 5.36. The zero-order valence-corrected chi connectivity index (χ0v) is 9.28. The lowest BCUT2D eigenvalue weighted by atomic mass is 9.94. The van der Waals surface area contributed by atoms with Gasteiger partial charge >= 0.3 is 0 Å². The Hall–Kier alpha value is -1.02. The number of nitrogens with one attached hydrogen (secondary N) is 1. The third kappa shape index (κ3) is 2.96. The van der Waals surface area contributed by atoms with Gasteiger partial charge in [0.25, 0.3) is 0 Å². The van der Waals surface area contributed by atoms with Gasteiger partial charge in [0.2, 0.25) is 0 Å². The molecule has 82 valence electrons. The van der Waals surface area contributed by atoms with E-state index >= 15 is 0 Å². The number of rotatable bonds is 4. The highest BCUT2D eigenvalue weighted by Gasteiger charge is 2.12. The average Bonchev–Trinajstić information content (AvgIpc) is 2.81. The zero-order chi connectivity index (χ0) is 10.5. The van der Waals surface area contributed by atoms with Gasteiger partial charge in [0.15, 0.2) is 0 Å². The first-order valence-electron chi connectivity index (χ1n) is 5.78. The molecule has 0 spiro atoms. The van der Waals surface area contributed by atoms with Crippen molar-refractivity contribution in [2.24, 2.45) is 5.92 Å². The van der Waals surface area contributed by atoms with Crippen LogP contribution in [0.3, 0.4) is 0 Å². The van der Waals surface area contributed by atoms with Crippen LogP contribution in [-0.2, 0) is 0 Å². The average molecular weight is 205 g/mol. The lowest BCUT2D eigenvalue weighted by molar-refractivity contribution is 0.379. The van der Waals surface area contributed by atoms with Crippen molar-refractivity contribution in [3.8, 4) is 0 Å². The quantitative estimate of drug-likeness (QED) is 0.763. The second-order valence-electron chi connectivity index (χ2n) is 4.30. The maximum Gasteiger partial charge on any atom is 0.120 e. The molecule has 15 heavy (non-hydrogen) atoms. The fourth-order valence-corrected chi connectivity index (χ4v) is 2.02. The second-order valence-corrected chi connectivity index (χ2v) is 4.30. The molecule has 0 saturated carbocycles. The first kappa shape index (κ1) is 10.5. The first-order chi connectivity index (χ1) is 7.36. The maximum absolute atomic E-state index is 5.36. The van der Waals surface area contributed by atoms with Crippen LogP contribution in [0.2, 0.25) is 0 Å². The van der Waals surface area contributed by atoms with Crippen LogP contribution in [0, 0.1) is 5.92 Å². The molecule has 1 heterocycles. The van der Waals surface area contributed by atoms with Gasteiger partial charge in [-0.25, -0.2) is 0 Å². The van der Waals surface area contributed by atoms with Crippen LogP contribution in [-0.4, -0.2) is 6.54 Å². The molecule has 1 aromatic heterocycles. The summed E-state index contributed by atoms with van der Waals surface area (Å²) in [5.74, 6) is 1.83. The summed E-state index contributed by atoms with van der Waals surface area (Å²) in [6.45, 7) is 3.24. The number of allylic oxidation sites excluding steroid dienone is 2. The Bertz CT molecular complexity index is 302. The van der Waals surface area contributed by atoms with E-state index in [1.54, 1.807) is 6.26 Å². The SMILES string of the molecule is CC(NCC1CC=CCC1)c1ccco1. The number of hydrogen-bond donors (Lipinski definition) is 1. The molecule has 2 nitrogen and oxygen atoms in total. The van der Waals surface area contributed by atoms with Crippen molar-refractivity contribution >= 4 is 0 Å². The lowest BCUT2D eigenvalue weighted by Gasteiger charge is -2.20. The molecule has 2 unspecified atom stereocenters. The van der Waals surface area contributed by atoms with Crippen LogP contribution in [0.15, 0.2) is 35.0 Å². The molecule has 0 aliphatic heterocycles. The Morgan fingerprint density at radius 3 is 3.13 bits per heavy atom. The van der Waals surface area contributed by atoms with Crippen molar-refractivity contribution in [2.45, 2.75) is 32.2 Å². The molecule has 2 heteroatoms. The molecule has 0 bridgehead atoms. The Morgan fingerprint density at radius 2 is 2.47 bits per heavy atom. The predicted octanol–water partition coefficient (Wildman–Crippen LogP) is 3.29. The van der Waals surface area contributed by atoms with Gasteiger partial charge < -0.3 is 9.73 Å². The van der Waals surface area contributed by atoms with Gasteiger partial charge in [-0.05, 0) is 50.8 Å². The van der Waals surface area contributed by atoms with Gasteiger partial charge in [-0.3, -0.25) is 0 Å². The highest BCUT2D eigenvalue weighted by molar-refractivity contribution is 5.03. The van der Waals surface area contributed by atoms with Crippen molar-refractivity contribution in [3.63, 3.8) is 0 Å². The van der Waals surface area contributed by atoms with Crippen molar-refractivity contribution in [3.05, 3.63) is 36.3 Å². The Labute approximate surface area is 91.4 Å². The van der Waals surface area contributed by atoms with Crippen LogP contribution in [0.25, 0.3) is 0 Å². The molecular formula is C13H19NO. The third-order valence-electron chi connectivity index (χ3n) is 3.06. The molecule has 0 fully saturated rings. The van der Waals surface area contributed by atoms with E-state index in [1.165, 1.54) is 19.3 Å². The molecule has 0 amide bonds. The maximum atomic E-state index is 5.36. The molecular weight excluding hydrogens is 186 g/mol. The van der Waals surface area contributed by atoms with E-state index in [4.69, 9.17) is 4.42 Å². The predicted molar refractivity (Wildman–Crippen MR) is 61.6 cm³/mol. The van der Waals surface area contributed by atoms with E-state index in [0.717, 1.165) is 18.2 Å². The molecule has 1 aliphatic carbocycles. The number of furan rings is 1. The van der Waals surface area contributed by atoms with Gasteiger partial charge in [-0.1, -0.05) is 12.2 Å². The van der Waals surface area contributed by atoms with Gasteiger partial charge in [0.1, 0.15) is 5.76 Å². The summed E-state index contributed by atoms with van der Waals surface area (Å²) >= 11 is 0. The Balaban J connectivity index is 1.75. The van der Waals surface area contributed by atoms with Gasteiger partial charge in [0.05, 0.1) is 12.3 Å². The van der Waals surface area contributed by atoms with Crippen LogP contribution in [0.1, 0.15) is 38.0 Å². The topological polar surface area (TPSA) is 25.2 Å². The van der Waals surface area contributed by atoms with E-state index in [1.807, 2.05) is 12.1 Å².